The van der Waals surface area contributed by atoms with Crippen LogP contribution >= 0.6 is 0 Å². The van der Waals surface area contributed by atoms with Gasteiger partial charge in [0.2, 0.25) is 0 Å². The lowest BCUT2D eigenvalue weighted by Crippen LogP contribution is -2.25. The third-order valence-electron chi connectivity index (χ3n) is 1.87. The second kappa shape index (κ2) is 8.02. The van der Waals surface area contributed by atoms with E-state index in [9.17, 15) is 0 Å². The van der Waals surface area contributed by atoms with Gasteiger partial charge in [-0.1, -0.05) is 18.2 Å². The first-order valence-corrected chi connectivity index (χ1v) is 6.39. The highest BCUT2D eigenvalue weighted by atomic mass is 32.3. The van der Waals surface area contributed by atoms with Gasteiger partial charge in [0.05, 0.1) is 6.61 Å². The molecule has 0 unspecified atom stereocenters. The Bertz CT molecular complexity index is 384. The number of hydrogen-bond donors (Lipinski definition) is 3. The Morgan fingerprint density at radius 2 is 1.65 bits per heavy atom. The van der Waals surface area contributed by atoms with Crippen molar-refractivity contribution in [3.63, 3.8) is 0 Å². The SMILES string of the molecule is CCN(CCO)c1ccccc1.O=S(=O)(O)O. The Labute approximate surface area is 101 Å². The molecule has 0 amide bonds. The third-order valence-corrected chi connectivity index (χ3v) is 1.87. The normalized spacial score (nSPS) is 10.4. The summed E-state index contributed by atoms with van der Waals surface area (Å²) in [5.74, 6) is 0. The molecule has 0 aromatic heterocycles. The molecular formula is C10H17NO5S. The van der Waals surface area contributed by atoms with Crippen LogP contribution in [0.15, 0.2) is 30.3 Å². The van der Waals surface area contributed by atoms with E-state index in [1.54, 1.807) is 0 Å². The van der Waals surface area contributed by atoms with Crippen molar-refractivity contribution in [2.24, 2.45) is 0 Å². The Kier molecular flexibility index (Phi) is 7.47. The highest BCUT2D eigenvalue weighted by Crippen LogP contribution is 2.11. The molecule has 98 valence electrons. The number of aliphatic hydroxyl groups excluding tert-OH is 1. The standard InChI is InChI=1S/C10H15NO.H2O4S/c1-2-11(8-9-12)10-6-4-3-5-7-10;1-5(2,3)4/h3-7,12H,2,8-9H2,1H3;(H2,1,2,3,4). The van der Waals surface area contributed by atoms with E-state index in [0.29, 0.717) is 6.54 Å². The van der Waals surface area contributed by atoms with Crippen LogP contribution in [0.1, 0.15) is 6.92 Å². The highest BCUT2D eigenvalue weighted by molar-refractivity contribution is 7.79. The molecule has 1 aromatic rings. The van der Waals surface area contributed by atoms with E-state index >= 15 is 0 Å². The number of aliphatic hydroxyl groups is 1. The van der Waals surface area contributed by atoms with Crippen molar-refractivity contribution in [2.45, 2.75) is 6.92 Å². The summed E-state index contributed by atoms with van der Waals surface area (Å²) in [6.45, 7) is 3.94. The van der Waals surface area contributed by atoms with Crippen molar-refractivity contribution < 1.29 is 22.6 Å². The summed E-state index contributed by atoms with van der Waals surface area (Å²) in [7, 11) is -4.67. The largest absolute Gasteiger partial charge is 0.395 e. The number of nitrogens with zero attached hydrogens (tertiary/aromatic N) is 1. The average Bonchev–Trinajstić information content (AvgIpc) is 2.25. The minimum absolute atomic E-state index is 0.211. The van der Waals surface area contributed by atoms with Gasteiger partial charge in [-0.3, -0.25) is 9.11 Å². The average molecular weight is 263 g/mol. The molecule has 1 aromatic carbocycles. The molecule has 0 saturated carbocycles. The van der Waals surface area contributed by atoms with Gasteiger partial charge in [-0.2, -0.15) is 8.42 Å². The maximum atomic E-state index is 8.79. The van der Waals surface area contributed by atoms with Crippen molar-refractivity contribution in [1.29, 1.82) is 0 Å². The summed E-state index contributed by atoms with van der Waals surface area (Å²) in [6, 6.07) is 10.1. The minimum Gasteiger partial charge on any atom is -0.395 e. The fraction of sp³-hybridized carbons (Fsp3) is 0.400. The lowest BCUT2D eigenvalue weighted by atomic mass is 10.3. The van der Waals surface area contributed by atoms with Crippen LogP contribution in [-0.2, 0) is 10.4 Å². The van der Waals surface area contributed by atoms with Crippen molar-refractivity contribution in [3.8, 4) is 0 Å². The van der Waals surface area contributed by atoms with E-state index in [1.807, 2.05) is 18.2 Å². The van der Waals surface area contributed by atoms with E-state index in [4.69, 9.17) is 22.6 Å². The number of hydrogen-bond acceptors (Lipinski definition) is 4. The fourth-order valence-electron chi connectivity index (χ4n) is 1.23. The zero-order chi connectivity index (χ0) is 13.3. The molecule has 0 heterocycles. The maximum absolute atomic E-state index is 8.79. The first-order valence-electron chi connectivity index (χ1n) is 4.99. The zero-order valence-corrected chi connectivity index (χ0v) is 10.3. The quantitative estimate of drug-likeness (QED) is 0.697. The predicted octanol–water partition coefficient (Wildman–Crippen LogP) is 0.852. The van der Waals surface area contributed by atoms with E-state index in [2.05, 4.69) is 24.0 Å². The van der Waals surface area contributed by atoms with Crippen molar-refractivity contribution in [3.05, 3.63) is 30.3 Å². The van der Waals surface area contributed by atoms with Gasteiger partial charge >= 0.3 is 10.4 Å². The fourth-order valence-corrected chi connectivity index (χ4v) is 1.23. The topological polar surface area (TPSA) is 98.1 Å². The Morgan fingerprint density at radius 3 is 2.00 bits per heavy atom. The van der Waals surface area contributed by atoms with Crippen LogP contribution < -0.4 is 4.90 Å². The second-order valence-corrected chi connectivity index (χ2v) is 3.98. The molecule has 0 aliphatic rings. The van der Waals surface area contributed by atoms with E-state index in [0.717, 1.165) is 6.54 Å². The molecule has 6 nitrogen and oxygen atoms in total. The van der Waals surface area contributed by atoms with Crippen LogP contribution in [0.25, 0.3) is 0 Å². The molecule has 0 aliphatic heterocycles. The van der Waals surface area contributed by atoms with Gasteiger partial charge in [0, 0.05) is 18.8 Å². The van der Waals surface area contributed by atoms with Crippen molar-refractivity contribution >= 4 is 16.1 Å². The van der Waals surface area contributed by atoms with Crippen molar-refractivity contribution in [1.82, 2.24) is 0 Å². The van der Waals surface area contributed by atoms with Crippen LogP contribution in [0.3, 0.4) is 0 Å². The summed E-state index contributed by atoms with van der Waals surface area (Å²) >= 11 is 0. The third kappa shape index (κ3) is 9.76. The molecule has 0 spiro atoms. The molecule has 0 saturated heterocycles. The number of anilines is 1. The number of rotatable bonds is 4. The van der Waals surface area contributed by atoms with Gasteiger partial charge in [-0.25, -0.2) is 0 Å². The summed E-state index contributed by atoms with van der Waals surface area (Å²) < 4.78 is 31.6. The monoisotopic (exact) mass is 263 g/mol. The number of para-hydroxylation sites is 1. The summed E-state index contributed by atoms with van der Waals surface area (Å²) in [4.78, 5) is 2.14. The summed E-state index contributed by atoms with van der Waals surface area (Å²) in [6.07, 6.45) is 0. The van der Waals surface area contributed by atoms with Gasteiger partial charge in [-0.15, -0.1) is 0 Å². The predicted molar refractivity (Wildman–Crippen MR) is 65.6 cm³/mol. The molecule has 0 radical (unpaired) electrons. The number of benzene rings is 1. The van der Waals surface area contributed by atoms with Crippen LogP contribution in [0, 0.1) is 0 Å². The van der Waals surface area contributed by atoms with Crippen LogP contribution in [0.4, 0.5) is 5.69 Å². The van der Waals surface area contributed by atoms with Gasteiger partial charge in [0.15, 0.2) is 0 Å². The van der Waals surface area contributed by atoms with Gasteiger partial charge in [0.25, 0.3) is 0 Å². The van der Waals surface area contributed by atoms with E-state index in [1.165, 1.54) is 5.69 Å². The first kappa shape index (κ1) is 15.9. The van der Waals surface area contributed by atoms with Gasteiger partial charge in [0.1, 0.15) is 0 Å². The van der Waals surface area contributed by atoms with Crippen LogP contribution in [0.2, 0.25) is 0 Å². The molecule has 0 fully saturated rings. The minimum atomic E-state index is -4.67. The molecule has 3 N–H and O–H groups in total. The second-order valence-electron chi connectivity index (χ2n) is 3.09. The lowest BCUT2D eigenvalue weighted by Gasteiger charge is -2.21. The van der Waals surface area contributed by atoms with Crippen molar-refractivity contribution in [2.75, 3.05) is 24.6 Å². The number of likely N-dealkylation sites (N-methyl/N-ethyl adjacent to an activating group) is 1. The Balaban J connectivity index is 0.000000437. The molecule has 0 bridgehead atoms. The molecule has 0 aliphatic carbocycles. The Morgan fingerprint density at radius 1 is 1.18 bits per heavy atom. The molecule has 0 atom stereocenters. The van der Waals surface area contributed by atoms with Gasteiger partial charge < -0.3 is 10.0 Å². The molecule has 17 heavy (non-hydrogen) atoms. The summed E-state index contributed by atoms with van der Waals surface area (Å²) in [5.41, 5.74) is 1.18. The molecular weight excluding hydrogens is 246 g/mol. The Hall–Kier alpha value is -1.15. The zero-order valence-electron chi connectivity index (χ0n) is 9.52. The molecule has 1 rings (SSSR count). The highest BCUT2D eigenvalue weighted by Gasteiger charge is 2.00. The maximum Gasteiger partial charge on any atom is 0.394 e. The molecule has 7 heteroatoms. The van der Waals surface area contributed by atoms with Crippen LogP contribution in [0.5, 0.6) is 0 Å². The smallest absolute Gasteiger partial charge is 0.394 e. The summed E-state index contributed by atoms with van der Waals surface area (Å²) in [5, 5.41) is 8.79. The van der Waals surface area contributed by atoms with E-state index in [-0.39, 0.29) is 6.61 Å². The van der Waals surface area contributed by atoms with Gasteiger partial charge in [-0.05, 0) is 19.1 Å². The van der Waals surface area contributed by atoms with E-state index < -0.39 is 10.4 Å². The first-order chi connectivity index (χ1) is 7.88. The van der Waals surface area contributed by atoms with Crippen LogP contribution in [-0.4, -0.2) is 42.3 Å². The lowest BCUT2D eigenvalue weighted by molar-refractivity contribution is 0.302.